The summed E-state index contributed by atoms with van der Waals surface area (Å²) < 4.78 is 0. The summed E-state index contributed by atoms with van der Waals surface area (Å²) in [4.78, 5) is 25.6. The van der Waals surface area contributed by atoms with Gasteiger partial charge in [-0.2, -0.15) is 0 Å². The summed E-state index contributed by atoms with van der Waals surface area (Å²) in [5, 5.41) is 0. The van der Waals surface area contributed by atoms with E-state index in [1.165, 1.54) is 6.92 Å². The fourth-order valence-electron chi connectivity index (χ4n) is 2.29. The van der Waals surface area contributed by atoms with Crippen LogP contribution in [-0.4, -0.2) is 17.7 Å². The minimum Gasteiger partial charge on any atom is -0.300 e. The molecule has 88 valence electrons. The first-order valence-electron chi connectivity index (χ1n) is 5.63. The highest BCUT2D eigenvalue weighted by Gasteiger charge is 2.41. The molecule has 1 aliphatic rings. The normalized spacial score (nSPS) is 20.0. The first-order valence-corrected chi connectivity index (χ1v) is 5.63. The third-order valence-electron chi connectivity index (χ3n) is 3.18. The Morgan fingerprint density at radius 1 is 1.47 bits per heavy atom. The van der Waals surface area contributed by atoms with Crippen LogP contribution in [0.2, 0.25) is 0 Å². The first-order chi connectivity index (χ1) is 8.07. The largest absolute Gasteiger partial charge is 0.300 e. The zero-order valence-electron chi connectivity index (χ0n) is 10.0. The molecule has 0 aromatic heterocycles. The van der Waals surface area contributed by atoms with Gasteiger partial charge >= 0.3 is 0 Å². The van der Waals surface area contributed by atoms with Gasteiger partial charge in [-0.3, -0.25) is 9.59 Å². The number of benzene rings is 1. The molecule has 17 heavy (non-hydrogen) atoms. The van der Waals surface area contributed by atoms with Crippen molar-refractivity contribution < 1.29 is 9.59 Å². The number of rotatable bonds is 2. The van der Waals surface area contributed by atoms with Crippen LogP contribution in [0.3, 0.4) is 0 Å². The Balaban J connectivity index is 2.55. The number of hydrogen-bond donors (Lipinski definition) is 0. The lowest BCUT2D eigenvalue weighted by Gasteiger charge is -2.26. The molecule has 1 heterocycles. The highest BCUT2D eigenvalue weighted by atomic mass is 16.2. The number of carbonyl (C=O) groups is 2. The quantitative estimate of drug-likeness (QED) is 0.730. The van der Waals surface area contributed by atoms with Crippen molar-refractivity contribution in [2.24, 2.45) is 5.92 Å². The predicted octanol–water partition coefficient (Wildman–Crippen LogP) is 2.43. The van der Waals surface area contributed by atoms with Crippen LogP contribution in [0.5, 0.6) is 0 Å². The lowest BCUT2D eigenvalue weighted by atomic mass is 9.97. The third-order valence-corrected chi connectivity index (χ3v) is 3.18. The molecule has 3 heteroatoms. The SMILES string of the molecule is C=C[C@H](C)[C@@H]1C(=O)c2ccccc2N1C(C)=O. The number of hydrogen-bond acceptors (Lipinski definition) is 2. The van der Waals surface area contributed by atoms with Crippen molar-refractivity contribution >= 4 is 17.4 Å². The topological polar surface area (TPSA) is 37.4 Å². The smallest absolute Gasteiger partial charge is 0.224 e. The molecule has 0 saturated heterocycles. The van der Waals surface area contributed by atoms with E-state index < -0.39 is 6.04 Å². The Bertz CT molecular complexity index is 493. The highest BCUT2D eigenvalue weighted by molar-refractivity contribution is 6.17. The van der Waals surface area contributed by atoms with Crippen molar-refractivity contribution in [1.29, 1.82) is 0 Å². The van der Waals surface area contributed by atoms with Crippen LogP contribution >= 0.6 is 0 Å². The Hall–Kier alpha value is -1.90. The number of ketones is 1. The maximum atomic E-state index is 12.3. The van der Waals surface area contributed by atoms with Gasteiger partial charge in [0, 0.05) is 18.4 Å². The average Bonchev–Trinajstić information content (AvgIpc) is 2.62. The molecule has 0 fully saturated rings. The molecule has 1 amide bonds. The minimum atomic E-state index is -0.442. The van der Waals surface area contributed by atoms with Gasteiger partial charge in [-0.1, -0.05) is 25.1 Å². The van der Waals surface area contributed by atoms with Crippen LogP contribution in [0.1, 0.15) is 24.2 Å². The second-order valence-electron chi connectivity index (χ2n) is 4.31. The second-order valence-corrected chi connectivity index (χ2v) is 4.31. The van der Waals surface area contributed by atoms with Crippen molar-refractivity contribution in [3.8, 4) is 0 Å². The fraction of sp³-hybridized carbons (Fsp3) is 0.286. The maximum absolute atomic E-state index is 12.3. The van der Waals surface area contributed by atoms with Gasteiger partial charge < -0.3 is 4.90 Å². The van der Waals surface area contributed by atoms with Gasteiger partial charge in [0.1, 0.15) is 6.04 Å². The minimum absolute atomic E-state index is 0.00296. The van der Waals surface area contributed by atoms with E-state index in [1.807, 2.05) is 25.1 Å². The fourth-order valence-corrected chi connectivity index (χ4v) is 2.29. The van der Waals surface area contributed by atoms with E-state index in [9.17, 15) is 9.59 Å². The van der Waals surface area contributed by atoms with Crippen LogP contribution in [0.25, 0.3) is 0 Å². The van der Waals surface area contributed by atoms with Gasteiger partial charge in [-0.15, -0.1) is 6.58 Å². The zero-order valence-corrected chi connectivity index (χ0v) is 10.0. The predicted molar refractivity (Wildman–Crippen MR) is 67.1 cm³/mol. The van der Waals surface area contributed by atoms with Gasteiger partial charge in [-0.25, -0.2) is 0 Å². The van der Waals surface area contributed by atoms with E-state index in [0.29, 0.717) is 11.3 Å². The average molecular weight is 229 g/mol. The Labute approximate surface area is 101 Å². The van der Waals surface area contributed by atoms with Gasteiger partial charge in [0.05, 0.1) is 5.69 Å². The number of amides is 1. The Morgan fingerprint density at radius 3 is 2.71 bits per heavy atom. The number of anilines is 1. The maximum Gasteiger partial charge on any atom is 0.224 e. The summed E-state index contributed by atoms with van der Waals surface area (Å²) >= 11 is 0. The summed E-state index contributed by atoms with van der Waals surface area (Å²) in [7, 11) is 0. The molecule has 1 aliphatic heterocycles. The lowest BCUT2D eigenvalue weighted by molar-refractivity contribution is -0.116. The van der Waals surface area contributed by atoms with Gasteiger partial charge in [0.15, 0.2) is 5.78 Å². The van der Waals surface area contributed by atoms with Crippen LogP contribution in [0, 0.1) is 5.92 Å². The molecule has 1 aromatic carbocycles. The van der Waals surface area contributed by atoms with E-state index in [4.69, 9.17) is 0 Å². The number of carbonyl (C=O) groups excluding carboxylic acids is 2. The molecular formula is C14H15NO2. The van der Waals surface area contributed by atoms with Crippen molar-refractivity contribution in [2.45, 2.75) is 19.9 Å². The summed E-state index contributed by atoms with van der Waals surface area (Å²) in [6.07, 6.45) is 1.71. The van der Waals surface area contributed by atoms with Gasteiger partial charge in [0.2, 0.25) is 5.91 Å². The molecular weight excluding hydrogens is 214 g/mol. The standard InChI is InChI=1S/C14H15NO2/c1-4-9(2)13-14(17)11-7-5-6-8-12(11)15(13)10(3)16/h4-9,13H,1H2,2-3H3/t9-,13+/m0/s1. The summed E-state index contributed by atoms with van der Waals surface area (Å²) in [5.41, 5.74) is 1.34. The van der Waals surface area contributed by atoms with E-state index in [0.717, 1.165) is 0 Å². The lowest BCUT2D eigenvalue weighted by Crippen LogP contribution is -2.42. The van der Waals surface area contributed by atoms with Crippen molar-refractivity contribution in [3.05, 3.63) is 42.5 Å². The van der Waals surface area contributed by atoms with E-state index in [1.54, 1.807) is 17.0 Å². The molecule has 0 N–H and O–H groups in total. The molecule has 0 saturated carbocycles. The highest BCUT2D eigenvalue weighted by Crippen LogP contribution is 2.35. The zero-order chi connectivity index (χ0) is 12.6. The number of Topliss-reactive ketones (excluding diaryl/α,β-unsaturated/α-hetero) is 1. The number of para-hydroxylation sites is 1. The monoisotopic (exact) mass is 229 g/mol. The molecule has 0 bridgehead atoms. The van der Waals surface area contributed by atoms with E-state index >= 15 is 0 Å². The molecule has 0 spiro atoms. The van der Waals surface area contributed by atoms with E-state index in [-0.39, 0.29) is 17.6 Å². The summed E-state index contributed by atoms with van der Waals surface area (Å²) in [6.45, 7) is 7.09. The molecule has 0 unspecified atom stereocenters. The summed E-state index contributed by atoms with van der Waals surface area (Å²) in [6, 6.07) is 6.79. The molecule has 1 aromatic rings. The molecule has 0 radical (unpaired) electrons. The number of fused-ring (bicyclic) bond motifs is 1. The van der Waals surface area contributed by atoms with Crippen LogP contribution in [0.4, 0.5) is 5.69 Å². The molecule has 2 atom stereocenters. The van der Waals surface area contributed by atoms with Crippen LogP contribution < -0.4 is 4.90 Å². The third kappa shape index (κ3) is 1.68. The Morgan fingerprint density at radius 2 is 2.12 bits per heavy atom. The molecule has 3 nitrogen and oxygen atoms in total. The van der Waals surface area contributed by atoms with E-state index in [2.05, 4.69) is 6.58 Å². The molecule has 0 aliphatic carbocycles. The van der Waals surface area contributed by atoms with Gasteiger partial charge in [0.25, 0.3) is 0 Å². The van der Waals surface area contributed by atoms with Crippen molar-refractivity contribution in [2.75, 3.05) is 4.90 Å². The van der Waals surface area contributed by atoms with Crippen LogP contribution in [-0.2, 0) is 4.79 Å². The summed E-state index contributed by atoms with van der Waals surface area (Å²) in [5.74, 6) is -0.163. The van der Waals surface area contributed by atoms with Crippen molar-refractivity contribution in [1.82, 2.24) is 0 Å². The van der Waals surface area contributed by atoms with Crippen molar-refractivity contribution in [3.63, 3.8) is 0 Å². The van der Waals surface area contributed by atoms with Crippen LogP contribution in [0.15, 0.2) is 36.9 Å². The van der Waals surface area contributed by atoms with Gasteiger partial charge in [-0.05, 0) is 12.1 Å². The first kappa shape index (κ1) is 11.6. The Kier molecular flexibility index (Phi) is 2.84. The molecule has 2 rings (SSSR count). The number of nitrogens with zero attached hydrogens (tertiary/aromatic N) is 1. The second kappa shape index (κ2) is 4.17.